The van der Waals surface area contributed by atoms with Gasteiger partial charge in [-0.25, -0.2) is 18.1 Å². The predicted molar refractivity (Wildman–Crippen MR) is 66.0 cm³/mol. The molecule has 1 aromatic heterocycles. The molecule has 0 N–H and O–H groups in total. The molecular formula is C12H13N3O2S. The molecule has 2 aromatic rings. The fourth-order valence-electron chi connectivity index (χ4n) is 2.28. The molecule has 1 atom stereocenters. The zero-order chi connectivity index (χ0) is 12.8. The third-order valence-electron chi connectivity index (χ3n) is 3.14. The minimum atomic E-state index is -3.33. The van der Waals surface area contributed by atoms with Gasteiger partial charge in [-0.3, -0.25) is 0 Å². The molecule has 0 spiro atoms. The summed E-state index contributed by atoms with van der Waals surface area (Å²) < 4.78 is 24.6. The van der Waals surface area contributed by atoms with Crippen LogP contribution in [0.15, 0.2) is 35.5 Å². The fraction of sp³-hybridized carbons (Fsp3) is 0.333. The highest BCUT2D eigenvalue weighted by atomic mass is 32.2. The zero-order valence-corrected chi connectivity index (χ0v) is 10.8. The second-order valence-electron chi connectivity index (χ2n) is 4.49. The monoisotopic (exact) mass is 263 g/mol. The van der Waals surface area contributed by atoms with Crippen LogP contribution in [0.5, 0.6) is 0 Å². The summed E-state index contributed by atoms with van der Waals surface area (Å²) in [6.07, 6.45) is 2.82. The summed E-state index contributed by atoms with van der Waals surface area (Å²) in [4.78, 5) is 4.10. The Morgan fingerprint density at radius 3 is 2.67 bits per heavy atom. The first kappa shape index (κ1) is 11.4. The molecule has 0 saturated carbocycles. The molecule has 0 amide bonds. The van der Waals surface area contributed by atoms with Gasteiger partial charge < -0.3 is 0 Å². The highest BCUT2D eigenvalue weighted by Gasteiger charge is 2.29. The van der Waals surface area contributed by atoms with Crippen LogP contribution in [0.4, 0.5) is 0 Å². The topological polar surface area (TPSA) is 64.8 Å². The molecule has 0 aliphatic carbocycles. The number of aryl methyl sites for hydroxylation is 1. The van der Waals surface area contributed by atoms with E-state index in [0.717, 1.165) is 30.5 Å². The van der Waals surface area contributed by atoms with Gasteiger partial charge in [0.1, 0.15) is 5.82 Å². The van der Waals surface area contributed by atoms with E-state index in [1.54, 1.807) is 4.68 Å². The summed E-state index contributed by atoms with van der Waals surface area (Å²) in [5.41, 5.74) is 1.14. The first-order valence-electron chi connectivity index (χ1n) is 5.76. The summed E-state index contributed by atoms with van der Waals surface area (Å²) in [6.45, 7) is 0. The fourth-order valence-corrected chi connectivity index (χ4v) is 2.79. The lowest BCUT2D eigenvalue weighted by atomic mass is 10.1. The van der Waals surface area contributed by atoms with Gasteiger partial charge in [0.05, 0.1) is 6.04 Å². The number of fused-ring (bicyclic) bond motifs is 1. The Balaban J connectivity index is 2.05. The van der Waals surface area contributed by atoms with E-state index < -0.39 is 9.84 Å². The van der Waals surface area contributed by atoms with Crippen molar-refractivity contribution in [2.75, 3.05) is 6.26 Å². The van der Waals surface area contributed by atoms with Crippen molar-refractivity contribution in [2.24, 2.45) is 0 Å². The summed E-state index contributed by atoms with van der Waals surface area (Å²) in [5.74, 6) is 0.754. The van der Waals surface area contributed by atoms with Crippen LogP contribution in [0.3, 0.4) is 0 Å². The third-order valence-corrected chi connectivity index (χ3v) is 3.97. The number of aromatic nitrogens is 3. The molecule has 94 valence electrons. The lowest BCUT2D eigenvalue weighted by Crippen LogP contribution is -2.09. The van der Waals surface area contributed by atoms with Crippen LogP contribution in [0, 0.1) is 0 Å². The van der Waals surface area contributed by atoms with E-state index in [-0.39, 0.29) is 11.2 Å². The first-order valence-corrected chi connectivity index (χ1v) is 7.65. The van der Waals surface area contributed by atoms with Gasteiger partial charge in [-0.1, -0.05) is 30.3 Å². The van der Waals surface area contributed by atoms with Crippen LogP contribution >= 0.6 is 0 Å². The van der Waals surface area contributed by atoms with Crippen LogP contribution in [-0.4, -0.2) is 29.4 Å². The molecule has 0 bridgehead atoms. The predicted octanol–water partition coefficient (Wildman–Crippen LogP) is 1.22. The smallest absolute Gasteiger partial charge is 0.241 e. The Morgan fingerprint density at radius 1 is 1.28 bits per heavy atom. The maximum absolute atomic E-state index is 11.4. The van der Waals surface area contributed by atoms with Crippen LogP contribution in [0.2, 0.25) is 0 Å². The summed E-state index contributed by atoms with van der Waals surface area (Å²) >= 11 is 0. The molecule has 6 heteroatoms. The van der Waals surface area contributed by atoms with Crippen molar-refractivity contribution in [2.45, 2.75) is 24.0 Å². The molecular weight excluding hydrogens is 250 g/mol. The Bertz CT molecular complexity index is 677. The van der Waals surface area contributed by atoms with Crippen LogP contribution in [-0.2, 0) is 16.3 Å². The molecule has 0 fully saturated rings. The second kappa shape index (κ2) is 3.91. The first-order chi connectivity index (χ1) is 8.55. The SMILES string of the molecule is CS(=O)(=O)c1nc2n(n1)C(c1ccccc1)CC2. The molecule has 0 radical (unpaired) electrons. The van der Waals surface area contributed by atoms with E-state index >= 15 is 0 Å². The van der Waals surface area contributed by atoms with Crippen molar-refractivity contribution in [1.82, 2.24) is 14.8 Å². The molecule has 5 nitrogen and oxygen atoms in total. The summed E-state index contributed by atoms with van der Waals surface area (Å²) in [6, 6.07) is 10.1. The van der Waals surface area contributed by atoms with Gasteiger partial charge in [0.2, 0.25) is 9.84 Å². The Labute approximate surface area is 105 Å². The lowest BCUT2D eigenvalue weighted by Gasteiger charge is -2.11. The van der Waals surface area contributed by atoms with Gasteiger partial charge in [0, 0.05) is 12.7 Å². The Kier molecular flexibility index (Phi) is 2.48. The molecule has 1 aliphatic rings. The molecule has 1 aromatic carbocycles. The summed E-state index contributed by atoms with van der Waals surface area (Å²) in [7, 11) is -3.33. The zero-order valence-electron chi connectivity index (χ0n) is 9.94. The average Bonchev–Trinajstić information content (AvgIpc) is 2.88. The van der Waals surface area contributed by atoms with E-state index in [4.69, 9.17) is 0 Å². The van der Waals surface area contributed by atoms with Gasteiger partial charge in [-0.05, 0) is 12.0 Å². The second-order valence-corrected chi connectivity index (χ2v) is 6.40. The van der Waals surface area contributed by atoms with Crippen LogP contribution < -0.4 is 0 Å². The minimum absolute atomic E-state index is 0.0712. The number of hydrogen-bond donors (Lipinski definition) is 0. The highest BCUT2D eigenvalue weighted by Crippen LogP contribution is 2.30. The average molecular weight is 263 g/mol. The highest BCUT2D eigenvalue weighted by molar-refractivity contribution is 7.90. The Hall–Kier alpha value is -1.69. The maximum atomic E-state index is 11.4. The van der Waals surface area contributed by atoms with Crippen LogP contribution in [0.1, 0.15) is 23.9 Å². The van der Waals surface area contributed by atoms with Crippen LogP contribution in [0.25, 0.3) is 0 Å². The normalized spacial score (nSPS) is 18.8. The largest absolute Gasteiger partial charge is 0.266 e. The minimum Gasteiger partial charge on any atom is -0.241 e. The van der Waals surface area contributed by atoms with Crippen molar-refractivity contribution < 1.29 is 8.42 Å². The van der Waals surface area contributed by atoms with E-state index in [1.165, 1.54) is 0 Å². The van der Waals surface area contributed by atoms with E-state index in [2.05, 4.69) is 10.1 Å². The van der Waals surface area contributed by atoms with E-state index in [1.807, 2.05) is 30.3 Å². The van der Waals surface area contributed by atoms with Gasteiger partial charge in [-0.15, -0.1) is 5.10 Å². The number of hydrogen-bond acceptors (Lipinski definition) is 4. The third kappa shape index (κ3) is 1.82. The maximum Gasteiger partial charge on any atom is 0.266 e. The van der Waals surface area contributed by atoms with Gasteiger partial charge in [-0.2, -0.15) is 0 Å². The molecule has 0 saturated heterocycles. The van der Waals surface area contributed by atoms with Crippen molar-refractivity contribution in [3.8, 4) is 0 Å². The number of sulfone groups is 1. The lowest BCUT2D eigenvalue weighted by molar-refractivity contribution is 0.534. The molecule has 1 aliphatic heterocycles. The van der Waals surface area contributed by atoms with Gasteiger partial charge in [0.25, 0.3) is 5.16 Å². The van der Waals surface area contributed by atoms with Gasteiger partial charge >= 0.3 is 0 Å². The van der Waals surface area contributed by atoms with Crippen molar-refractivity contribution >= 4 is 9.84 Å². The number of rotatable bonds is 2. The van der Waals surface area contributed by atoms with E-state index in [9.17, 15) is 8.42 Å². The number of benzene rings is 1. The Morgan fingerprint density at radius 2 is 2.00 bits per heavy atom. The molecule has 3 rings (SSSR count). The molecule has 1 unspecified atom stereocenters. The molecule has 2 heterocycles. The van der Waals surface area contributed by atoms with E-state index in [0.29, 0.717) is 0 Å². The summed E-state index contributed by atoms with van der Waals surface area (Å²) in [5, 5.41) is 4.07. The number of nitrogens with zero attached hydrogens (tertiary/aromatic N) is 3. The standard InChI is InChI=1S/C12H13N3O2S/c1-18(16,17)12-13-11-8-7-10(15(11)14-12)9-5-3-2-4-6-9/h2-6,10H,7-8H2,1H3. The van der Waals surface area contributed by atoms with Crippen molar-refractivity contribution in [3.05, 3.63) is 41.7 Å². The quantitative estimate of drug-likeness (QED) is 0.817. The van der Waals surface area contributed by atoms with Crippen molar-refractivity contribution in [1.29, 1.82) is 0 Å². The van der Waals surface area contributed by atoms with Crippen molar-refractivity contribution in [3.63, 3.8) is 0 Å². The molecule has 18 heavy (non-hydrogen) atoms. The van der Waals surface area contributed by atoms with Gasteiger partial charge in [0.15, 0.2) is 0 Å².